The number of para-hydroxylation sites is 2. The van der Waals surface area contributed by atoms with Gasteiger partial charge in [0.2, 0.25) is 0 Å². The number of ether oxygens (including phenoxy) is 3. The third kappa shape index (κ3) is 6.89. The van der Waals surface area contributed by atoms with Gasteiger partial charge in [-0.1, -0.05) is 48.5 Å². The Bertz CT molecular complexity index is 986. The fraction of sp³-hybridized carbons (Fsp3) is 0.200. The van der Waals surface area contributed by atoms with Gasteiger partial charge in [0.25, 0.3) is 5.91 Å². The molecule has 0 unspecified atom stereocenters. The lowest BCUT2D eigenvalue weighted by molar-refractivity contribution is -0.124. The van der Waals surface area contributed by atoms with Gasteiger partial charge in [-0.05, 0) is 47.9 Å². The number of hydrogen-bond donors (Lipinski definition) is 1. The van der Waals surface area contributed by atoms with Crippen molar-refractivity contribution in [1.29, 1.82) is 0 Å². The van der Waals surface area contributed by atoms with Crippen LogP contribution in [0.25, 0.3) is 0 Å². The molecular formula is C25H25NO5. The topological polar surface area (TPSA) is 73.9 Å². The number of hydrogen-bond acceptors (Lipinski definition) is 5. The fourth-order valence-corrected chi connectivity index (χ4v) is 2.93. The summed E-state index contributed by atoms with van der Waals surface area (Å²) in [4.78, 5) is 24.1. The summed E-state index contributed by atoms with van der Waals surface area (Å²) >= 11 is 0. The molecule has 0 bridgehead atoms. The molecule has 160 valence electrons. The molecule has 1 N–H and O–H groups in total. The Kier molecular flexibility index (Phi) is 8.05. The van der Waals surface area contributed by atoms with Crippen LogP contribution in [0.1, 0.15) is 21.5 Å². The maximum atomic E-state index is 12.2. The second kappa shape index (κ2) is 11.4. The standard InChI is InChI=1S/C25H25NO5/c1-29-23-10-6-5-7-20(23)15-16-26-24(27)18-31-25(28)21-13-11-19(12-14-21)17-30-22-8-3-2-4-9-22/h2-14H,15-18H2,1H3,(H,26,27). The van der Waals surface area contributed by atoms with Crippen LogP contribution in [0, 0.1) is 0 Å². The Labute approximate surface area is 181 Å². The van der Waals surface area contributed by atoms with Crippen molar-refractivity contribution in [3.05, 3.63) is 95.6 Å². The minimum Gasteiger partial charge on any atom is -0.496 e. The molecule has 0 aliphatic rings. The van der Waals surface area contributed by atoms with E-state index >= 15 is 0 Å². The zero-order valence-corrected chi connectivity index (χ0v) is 17.4. The maximum absolute atomic E-state index is 12.2. The zero-order chi connectivity index (χ0) is 21.9. The Hall–Kier alpha value is -3.80. The van der Waals surface area contributed by atoms with E-state index in [0.29, 0.717) is 25.1 Å². The summed E-state index contributed by atoms with van der Waals surface area (Å²) in [5, 5.41) is 2.74. The van der Waals surface area contributed by atoms with Crippen molar-refractivity contribution < 1.29 is 23.8 Å². The van der Waals surface area contributed by atoms with Crippen molar-refractivity contribution in [2.75, 3.05) is 20.3 Å². The van der Waals surface area contributed by atoms with Gasteiger partial charge in [0.05, 0.1) is 12.7 Å². The lowest BCUT2D eigenvalue weighted by Gasteiger charge is -2.10. The summed E-state index contributed by atoms with van der Waals surface area (Å²) in [5.41, 5.74) is 2.30. The fourth-order valence-electron chi connectivity index (χ4n) is 2.93. The highest BCUT2D eigenvalue weighted by Gasteiger charge is 2.10. The second-order valence-corrected chi connectivity index (χ2v) is 6.79. The van der Waals surface area contributed by atoms with Crippen LogP contribution in [-0.2, 0) is 22.6 Å². The molecule has 0 saturated heterocycles. The lowest BCUT2D eigenvalue weighted by atomic mass is 10.1. The van der Waals surface area contributed by atoms with Crippen LogP contribution in [0.5, 0.6) is 11.5 Å². The first-order valence-electron chi connectivity index (χ1n) is 9.98. The third-order valence-electron chi connectivity index (χ3n) is 4.58. The average Bonchev–Trinajstić information content (AvgIpc) is 2.82. The minimum absolute atomic E-state index is 0.330. The Morgan fingerprint density at radius 3 is 2.32 bits per heavy atom. The number of carbonyl (C=O) groups is 2. The molecule has 1 amide bonds. The number of esters is 1. The van der Waals surface area contributed by atoms with Crippen molar-refractivity contribution in [2.24, 2.45) is 0 Å². The van der Waals surface area contributed by atoms with Gasteiger partial charge < -0.3 is 19.5 Å². The predicted octanol–water partition coefficient (Wildman–Crippen LogP) is 3.79. The van der Waals surface area contributed by atoms with E-state index in [4.69, 9.17) is 14.2 Å². The molecule has 0 atom stereocenters. The molecule has 3 aromatic rings. The highest BCUT2D eigenvalue weighted by Crippen LogP contribution is 2.17. The summed E-state index contributed by atoms with van der Waals surface area (Å²) in [6.45, 7) is 0.491. The van der Waals surface area contributed by atoms with Gasteiger partial charge in [-0.25, -0.2) is 4.79 Å². The first-order valence-corrected chi connectivity index (χ1v) is 9.98. The largest absolute Gasteiger partial charge is 0.496 e. The summed E-state index contributed by atoms with van der Waals surface area (Å²) in [5.74, 6) is 0.662. The molecule has 0 heterocycles. The minimum atomic E-state index is -0.546. The molecule has 6 nitrogen and oxygen atoms in total. The van der Waals surface area contributed by atoms with Crippen LogP contribution < -0.4 is 14.8 Å². The highest BCUT2D eigenvalue weighted by molar-refractivity contribution is 5.91. The van der Waals surface area contributed by atoms with Gasteiger partial charge >= 0.3 is 5.97 Å². The van der Waals surface area contributed by atoms with Crippen molar-refractivity contribution in [2.45, 2.75) is 13.0 Å². The molecule has 0 aliphatic carbocycles. The van der Waals surface area contributed by atoms with Crippen LogP contribution >= 0.6 is 0 Å². The van der Waals surface area contributed by atoms with Crippen LogP contribution in [0.2, 0.25) is 0 Å². The van der Waals surface area contributed by atoms with Crippen LogP contribution in [0.3, 0.4) is 0 Å². The molecule has 0 fully saturated rings. The van der Waals surface area contributed by atoms with Gasteiger partial charge in [-0.15, -0.1) is 0 Å². The van der Waals surface area contributed by atoms with Crippen LogP contribution in [-0.4, -0.2) is 32.1 Å². The van der Waals surface area contributed by atoms with Crippen molar-refractivity contribution >= 4 is 11.9 Å². The molecule has 0 spiro atoms. The number of nitrogens with one attached hydrogen (secondary N) is 1. The summed E-state index contributed by atoms with van der Waals surface area (Å²) in [6, 6.07) is 24.0. The van der Waals surface area contributed by atoms with E-state index in [2.05, 4.69) is 5.32 Å². The predicted molar refractivity (Wildman–Crippen MR) is 117 cm³/mol. The van der Waals surface area contributed by atoms with E-state index in [1.54, 1.807) is 31.4 Å². The quantitative estimate of drug-likeness (QED) is 0.506. The highest BCUT2D eigenvalue weighted by atomic mass is 16.5. The molecule has 0 aliphatic heterocycles. The average molecular weight is 419 g/mol. The molecule has 31 heavy (non-hydrogen) atoms. The number of amides is 1. The molecule has 0 aromatic heterocycles. The van der Waals surface area contributed by atoms with E-state index in [0.717, 1.165) is 22.6 Å². The van der Waals surface area contributed by atoms with Crippen molar-refractivity contribution in [3.8, 4) is 11.5 Å². The molecule has 3 rings (SSSR count). The normalized spacial score (nSPS) is 10.2. The van der Waals surface area contributed by atoms with E-state index in [1.165, 1.54) is 0 Å². The Morgan fingerprint density at radius 1 is 0.871 bits per heavy atom. The number of benzene rings is 3. The SMILES string of the molecule is COc1ccccc1CCNC(=O)COC(=O)c1ccc(COc2ccccc2)cc1. The van der Waals surface area contributed by atoms with E-state index in [9.17, 15) is 9.59 Å². The van der Waals surface area contributed by atoms with Crippen molar-refractivity contribution in [1.82, 2.24) is 5.32 Å². The zero-order valence-electron chi connectivity index (χ0n) is 17.4. The molecule has 3 aromatic carbocycles. The van der Waals surface area contributed by atoms with Gasteiger partial charge in [0.1, 0.15) is 18.1 Å². The van der Waals surface area contributed by atoms with Gasteiger partial charge in [-0.2, -0.15) is 0 Å². The summed E-state index contributed by atoms with van der Waals surface area (Å²) in [7, 11) is 1.61. The molecule has 0 saturated carbocycles. The number of rotatable bonds is 10. The van der Waals surface area contributed by atoms with Gasteiger partial charge in [0.15, 0.2) is 6.61 Å². The first-order chi connectivity index (χ1) is 15.2. The van der Waals surface area contributed by atoms with E-state index < -0.39 is 5.97 Å². The second-order valence-electron chi connectivity index (χ2n) is 6.79. The van der Waals surface area contributed by atoms with Gasteiger partial charge in [-0.3, -0.25) is 4.79 Å². The van der Waals surface area contributed by atoms with Crippen molar-refractivity contribution in [3.63, 3.8) is 0 Å². The molecular weight excluding hydrogens is 394 g/mol. The smallest absolute Gasteiger partial charge is 0.338 e. The summed E-state index contributed by atoms with van der Waals surface area (Å²) < 4.78 is 16.1. The van der Waals surface area contributed by atoms with E-state index in [1.807, 2.05) is 54.6 Å². The third-order valence-corrected chi connectivity index (χ3v) is 4.58. The monoisotopic (exact) mass is 419 g/mol. The Morgan fingerprint density at radius 2 is 1.58 bits per heavy atom. The molecule has 0 radical (unpaired) electrons. The number of methoxy groups -OCH3 is 1. The Balaban J connectivity index is 1.39. The van der Waals surface area contributed by atoms with Gasteiger partial charge in [0, 0.05) is 6.54 Å². The maximum Gasteiger partial charge on any atom is 0.338 e. The molecule has 6 heteroatoms. The van der Waals surface area contributed by atoms with E-state index in [-0.39, 0.29) is 12.5 Å². The first kappa shape index (κ1) is 21.9. The van der Waals surface area contributed by atoms with Crippen LogP contribution in [0.4, 0.5) is 0 Å². The van der Waals surface area contributed by atoms with Crippen LogP contribution in [0.15, 0.2) is 78.9 Å². The number of carbonyl (C=O) groups excluding carboxylic acids is 2. The summed E-state index contributed by atoms with van der Waals surface area (Å²) in [6.07, 6.45) is 0.621. The lowest BCUT2D eigenvalue weighted by Crippen LogP contribution is -2.30.